The van der Waals surface area contributed by atoms with Gasteiger partial charge in [0, 0.05) is 18.0 Å². The fourth-order valence-corrected chi connectivity index (χ4v) is 3.20. The van der Waals surface area contributed by atoms with E-state index < -0.39 is 6.55 Å². The molecule has 0 radical (unpaired) electrons. The molecule has 0 aliphatic rings. The normalized spacial score (nSPS) is 10.9. The van der Waals surface area contributed by atoms with E-state index >= 15 is 0 Å². The molecular weight excluding hydrogens is 350 g/mol. The number of aromatic nitrogens is 3. The maximum absolute atomic E-state index is 13.0. The number of hydrogen-bond donors (Lipinski definition) is 1. The summed E-state index contributed by atoms with van der Waals surface area (Å²) in [6.45, 7) is -1.02. The molecular formula is C16H14F2N4O2S. The van der Waals surface area contributed by atoms with Gasteiger partial charge in [0.15, 0.2) is 11.0 Å². The van der Waals surface area contributed by atoms with Crippen LogP contribution in [0.5, 0.6) is 5.75 Å². The first-order chi connectivity index (χ1) is 12.0. The number of amides is 1. The van der Waals surface area contributed by atoms with Gasteiger partial charge in [0.05, 0.1) is 17.7 Å². The Labute approximate surface area is 146 Å². The summed E-state index contributed by atoms with van der Waals surface area (Å²) < 4.78 is 31.9. The number of anilines is 1. The molecule has 0 bridgehead atoms. The first-order valence-corrected chi connectivity index (χ1v) is 8.05. The Bertz CT molecular complexity index is 907. The zero-order valence-corrected chi connectivity index (χ0v) is 14.2. The molecule has 0 fully saturated rings. The third-order valence-corrected chi connectivity index (χ3v) is 4.50. The minimum absolute atomic E-state index is 0.117. The molecule has 130 valence electrons. The van der Waals surface area contributed by atoms with E-state index in [0.29, 0.717) is 27.0 Å². The van der Waals surface area contributed by atoms with Crippen molar-refractivity contribution in [2.24, 2.45) is 0 Å². The largest absolute Gasteiger partial charge is 0.497 e. The molecule has 1 N–H and O–H groups in total. The summed E-state index contributed by atoms with van der Waals surface area (Å²) in [7, 11) is 1.51. The van der Waals surface area contributed by atoms with Gasteiger partial charge in [0.25, 0.3) is 5.91 Å². The second-order valence-electron chi connectivity index (χ2n) is 5.06. The molecule has 1 amide bonds. The highest BCUT2D eigenvalue weighted by atomic mass is 32.1. The van der Waals surface area contributed by atoms with Gasteiger partial charge >= 0.3 is 6.55 Å². The topological polar surface area (TPSA) is 69.0 Å². The Morgan fingerprint density at radius 3 is 2.92 bits per heavy atom. The van der Waals surface area contributed by atoms with Crippen LogP contribution < -0.4 is 10.1 Å². The number of ether oxygens (including phenoxy) is 1. The molecule has 25 heavy (non-hydrogen) atoms. The maximum atomic E-state index is 13.0. The van der Waals surface area contributed by atoms with Crippen LogP contribution in [0.25, 0.3) is 10.7 Å². The molecule has 0 aliphatic carbocycles. The van der Waals surface area contributed by atoms with Crippen molar-refractivity contribution in [3.8, 4) is 16.5 Å². The summed E-state index contributed by atoms with van der Waals surface area (Å²) in [6.07, 6.45) is 2.50. The first kappa shape index (κ1) is 17.0. The number of methoxy groups -OCH3 is 1. The fourth-order valence-electron chi connectivity index (χ4n) is 2.24. The minimum atomic E-state index is -2.70. The number of aryl methyl sites for hydroxylation is 1. The number of nitrogens with one attached hydrogen (secondary N) is 1. The maximum Gasteiger partial charge on any atom is 0.320 e. The molecule has 2 heterocycles. The molecule has 6 nitrogen and oxygen atoms in total. The van der Waals surface area contributed by atoms with Gasteiger partial charge in [-0.25, -0.2) is 9.97 Å². The second kappa shape index (κ2) is 6.98. The van der Waals surface area contributed by atoms with Crippen molar-refractivity contribution in [1.29, 1.82) is 0 Å². The van der Waals surface area contributed by atoms with Gasteiger partial charge in [-0.1, -0.05) is 17.4 Å². The monoisotopic (exact) mass is 364 g/mol. The zero-order chi connectivity index (χ0) is 18.0. The predicted molar refractivity (Wildman–Crippen MR) is 90.3 cm³/mol. The highest BCUT2D eigenvalue weighted by molar-refractivity contribution is 7.19. The number of rotatable bonds is 5. The lowest BCUT2D eigenvalue weighted by atomic mass is 10.2. The molecule has 3 rings (SSSR count). The van der Waals surface area contributed by atoms with E-state index in [-0.39, 0.29) is 11.7 Å². The quantitative estimate of drug-likeness (QED) is 0.744. The number of benzene rings is 1. The summed E-state index contributed by atoms with van der Waals surface area (Å²) in [5.74, 6) is 0.311. The van der Waals surface area contributed by atoms with Crippen molar-refractivity contribution in [2.75, 3.05) is 12.4 Å². The molecule has 0 unspecified atom stereocenters. The van der Waals surface area contributed by atoms with E-state index in [0.717, 1.165) is 15.9 Å². The Morgan fingerprint density at radius 2 is 2.20 bits per heavy atom. The number of hydrogen-bond acceptors (Lipinski definition) is 5. The summed E-state index contributed by atoms with van der Waals surface area (Å²) in [6, 6.07) is 6.67. The van der Waals surface area contributed by atoms with E-state index in [2.05, 4.69) is 15.3 Å². The average molecular weight is 364 g/mol. The molecule has 0 atom stereocenters. The number of thiazole rings is 1. The smallest absolute Gasteiger partial charge is 0.320 e. The Morgan fingerprint density at radius 1 is 1.40 bits per heavy atom. The van der Waals surface area contributed by atoms with Gasteiger partial charge in [0.2, 0.25) is 0 Å². The van der Waals surface area contributed by atoms with Crippen LogP contribution in [0.4, 0.5) is 13.9 Å². The van der Waals surface area contributed by atoms with Crippen molar-refractivity contribution in [1.82, 2.24) is 14.5 Å². The number of alkyl halides is 2. The van der Waals surface area contributed by atoms with E-state index in [1.165, 1.54) is 19.5 Å². The minimum Gasteiger partial charge on any atom is -0.497 e. The standard InChI is InChI=1S/C16H14F2N4O2S/c1-9-12(13-19-6-7-22(13)15(17)18)25-16(20-9)21-14(23)10-4-3-5-11(8-10)24-2/h3-8,15H,1-2H3,(H,20,21,23). The Balaban J connectivity index is 1.85. The molecule has 0 saturated carbocycles. The molecule has 2 aromatic heterocycles. The third kappa shape index (κ3) is 3.50. The van der Waals surface area contributed by atoms with Crippen molar-refractivity contribution < 1.29 is 18.3 Å². The summed E-state index contributed by atoms with van der Waals surface area (Å²) >= 11 is 1.09. The van der Waals surface area contributed by atoms with Crippen LogP contribution >= 0.6 is 11.3 Å². The third-order valence-electron chi connectivity index (χ3n) is 3.43. The van der Waals surface area contributed by atoms with Crippen LogP contribution in [0.1, 0.15) is 22.6 Å². The summed E-state index contributed by atoms with van der Waals surface area (Å²) in [5.41, 5.74) is 0.918. The number of halogens is 2. The summed E-state index contributed by atoms with van der Waals surface area (Å²) in [5, 5.41) is 2.98. The van der Waals surface area contributed by atoms with Crippen molar-refractivity contribution >= 4 is 22.4 Å². The van der Waals surface area contributed by atoms with Gasteiger partial charge in [-0.3, -0.25) is 14.7 Å². The van der Waals surface area contributed by atoms with E-state index in [1.807, 2.05) is 0 Å². The molecule has 3 aromatic rings. The first-order valence-electron chi connectivity index (χ1n) is 7.23. The van der Waals surface area contributed by atoms with Crippen LogP contribution in [-0.2, 0) is 0 Å². The highest BCUT2D eigenvalue weighted by Crippen LogP contribution is 2.33. The van der Waals surface area contributed by atoms with Crippen molar-refractivity contribution in [2.45, 2.75) is 13.5 Å². The van der Waals surface area contributed by atoms with Gasteiger partial charge in [-0.15, -0.1) is 0 Å². The number of carbonyl (C=O) groups is 1. The number of imidazole rings is 1. The SMILES string of the molecule is COc1cccc(C(=O)Nc2nc(C)c(-c3nccn3C(F)F)s2)c1. The predicted octanol–water partition coefficient (Wildman–Crippen LogP) is 3.97. The highest BCUT2D eigenvalue weighted by Gasteiger charge is 2.19. The van der Waals surface area contributed by atoms with Gasteiger partial charge in [0.1, 0.15) is 5.75 Å². The van der Waals surface area contributed by atoms with Crippen LogP contribution in [-0.4, -0.2) is 27.6 Å². The van der Waals surface area contributed by atoms with Gasteiger partial charge < -0.3 is 4.74 Å². The lowest BCUT2D eigenvalue weighted by Crippen LogP contribution is -2.11. The summed E-state index contributed by atoms with van der Waals surface area (Å²) in [4.78, 5) is 21.0. The zero-order valence-electron chi connectivity index (χ0n) is 13.4. The molecule has 1 aromatic carbocycles. The molecule has 0 saturated heterocycles. The van der Waals surface area contributed by atoms with Crippen molar-refractivity contribution in [3.63, 3.8) is 0 Å². The van der Waals surface area contributed by atoms with Crippen LogP contribution in [0.3, 0.4) is 0 Å². The lowest BCUT2D eigenvalue weighted by Gasteiger charge is -2.04. The van der Waals surface area contributed by atoms with Gasteiger partial charge in [-0.2, -0.15) is 8.78 Å². The fraction of sp³-hybridized carbons (Fsp3) is 0.188. The van der Waals surface area contributed by atoms with Crippen LogP contribution in [0.15, 0.2) is 36.7 Å². The average Bonchev–Trinajstić information content (AvgIpc) is 3.21. The lowest BCUT2D eigenvalue weighted by molar-refractivity contribution is 0.0720. The number of nitrogens with zero attached hydrogens (tertiary/aromatic N) is 3. The van der Waals surface area contributed by atoms with Crippen LogP contribution in [0.2, 0.25) is 0 Å². The van der Waals surface area contributed by atoms with E-state index in [9.17, 15) is 13.6 Å². The van der Waals surface area contributed by atoms with Crippen LogP contribution in [0, 0.1) is 6.92 Å². The molecule has 0 aliphatic heterocycles. The Hall–Kier alpha value is -2.81. The second-order valence-corrected chi connectivity index (χ2v) is 6.05. The van der Waals surface area contributed by atoms with Crippen molar-refractivity contribution in [3.05, 3.63) is 47.9 Å². The molecule has 0 spiro atoms. The molecule has 9 heteroatoms. The van der Waals surface area contributed by atoms with E-state index in [4.69, 9.17) is 4.74 Å². The number of carbonyl (C=O) groups excluding carboxylic acids is 1. The van der Waals surface area contributed by atoms with E-state index in [1.54, 1.807) is 31.2 Å². The Kier molecular flexibility index (Phi) is 4.75. The van der Waals surface area contributed by atoms with Gasteiger partial charge in [-0.05, 0) is 25.1 Å².